The van der Waals surface area contributed by atoms with E-state index in [9.17, 15) is 4.79 Å². The molecule has 1 fully saturated rings. The Kier molecular flexibility index (Phi) is 4.43. The van der Waals surface area contributed by atoms with Gasteiger partial charge in [0.15, 0.2) is 5.78 Å². The summed E-state index contributed by atoms with van der Waals surface area (Å²) in [5.41, 5.74) is 2.66. The summed E-state index contributed by atoms with van der Waals surface area (Å²) in [4.78, 5) is 26.2. The number of nitrogens with zero attached hydrogens (tertiary/aromatic N) is 3. The summed E-state index contributed by atoms with van der Waals surface area (Å²) < 4.78 is 11.0. The number of nitrogens with one attached hydrogen (secondary N) is 1. The van der Waals surface area contributed by atoms with E-state index in [1.165, 1.54) is 0 Å². The number of rotatable bonds is 5. The highest BCUT2D eigenvalue weighted by Crippen LogP contribution is 2.52. The largest absolute Gasteiger partial charge is 0.497 e. The van der Waals surface area contributed by atoms with Crippen LogP contribution in [0.4, 0.5) is 5.69 Å². The number of hydrogen-bond donors (Lipinski definition) is 1. The molecule has 0 amide bonds. The molecule has 0 saturated heterocycles. The summed E-state index contributed by atoms with van der Waals surface area (Å²) in [5.74, 6) is 2.93. The molecule has 1 N–H and O–H groups in total. The Morgan fingerprint density at radius 1 is 1.06 bits per heavy atom. The first-order valence-electron chi connectivity index (χ1n) is 10.4. The summed E-state index contributed by atoms with van der Waals surface area (Å²) in [6.45, 7) is 0. The van der Waals surface area contributed by atoms with Crippen LogP contribution >= 0.6 is 0 Å². The molecule has 2 heterocycles. The molecule has 1 aliphatic heterocycles. The van der Waals surface area contributed by atoms with Crippen molar-refractivity contribution in [3.8, 4) is 11.5 Å². The third-order valence-electron chi connectivity index (χ3n) is 6.34. The maximum Gasteiger partial charge on any atom is 0.196 e. The first-order chi connectivity index (χ1) is 15.0. The molecule has 2 aliphatic rings. The summed E-state index contributed by atoms with van der Waals surface area (Å²) in [7, 11) is 7.20. The normalized spacial score (nSPS) is 17.4. The van der Waals surface area contributed by atoms with Crippen molar-refractivity contribution in [3.05, 3.63) is 54.1 Å². The summed E-state index contributed by atoms with van der Waals surface area (Å²) in [6.07, 6.45) is 2.61. The predicted molar refractivity (Wildman–Crippen MR) is 120 cm³/mol. The van der Waals surface area contributed by atoms with E-state index in [1.54, 1.807) is 14.2 Å². The number of para-hydroxylation sites is 2. The smallest absolute Gasteiger partial charge is 0.196 e. The van der Waals surface area contributed by atoms with Crippen molar-refractivity contribution in [2.24, 2.45) is 0 Å². The highest BCUT2D eigenvalue weighted by atomic mass is 16.5. The molecule has 1 aromatic heterocycles. The summed E-state index contributed by atoms with van der Waals surface area (Å²) in [5, 5.41) is 0. The minimum absolute atomic E-state index is 0.114. The number of H-pyrrole nitrogens is 1. The lowest BCUT2D eigenvalue weighted by Gasteiger charge is -2.47. The molecule has 0 unspecified atom stereocenters. The Hall–Kier alpha value is -3.48. The Balaban J connectivity index is 1.75. The van der Waals surface area contributed by atoms with Gasteiger partial charge in [0.05, 0.1) is 30.9 Å². The predicted octanol–water partition coefficient (Wildman–Crippen LogP) is 3.82. The van der Waals surface area contributed by atoms with Crippen LogP contribution in [0.15, 0.2) is 48.3 Å². The SMILES string of the molecule is COc1cc(OC)cc(N2C(N(C)C)=C(c3nc4ccccc4[nH]3)C(=O)C23CCC3)c1. The molecule has 1 spiro atoms. The average Bonchev–Trinajstić information content (AvgIpc) is 3.29. The topological polar surface area (TPSA) is 70.7 Å². The van der Waals surface area contributed by atoms with Crippen LogP contribution in [-0.4, -0.2) is 54.5 Å². The number of fused-ring (bicyclic) bond motifs is 1. The zero-order chi connectivity index (χ0) is 21.8. The zero-order valence-electron chi connectivity index (χ0n) is 18.2. The fraction of sp³-hybridized carbons (Fsp3) is 0.333. The molecular weight excluding hydrogens is 392 g/mol. The van der Waals surface area contributed by atoms with Crippen molar-refractivity contribution < 1.29 is 14.3 Å². The molecule has 1 saturated carbocycles. The quantitative estimate of drug-likeness (QED) is 0.679. The van der Waals surface area contributed by atoms with Crippen LogP contribution in [0.3, 0.4) is 0 Å². The van der Waals surface area contributed by atoms with Crippen LogP contribution in [0, 0.1) is 0 Å². The molecular formula is C24H26N4O3. The molecule has 3 aromatic rings. The fourth-order valence-electron chi connectivity index (χ4n) is 4.71. The van der Waals surface area contributed by atoms with E-state index >= 15 is 0 Å². The number of hydrogen-bond acceptors (Lipinski definition) is 6. The van der Waals surface area contributed by atoms with Gasteiger partial charge in [-0.05, 0) is 31.4 Å². The second-order valence-corrected chi connectivity index (χ2v) is 8.32. The number of carbonyl (C=O) groups is 1. The number of carbonyl (C=O) groups excluding carboxylic acids is 1. The molecule has 7 heteroatoms. The number of imidazole rings is 1. The number of ether oxygens (including phenoxy) is 2. The lowest BCUT2D eigenvalue weighted by molar-refractivity contribution is -0.120. The van der Waals surface area contributed by atoms with Gasteiger partial charge in [-0.3, -0.25) is 4.79 Å². The zero-order valence-corrected chi connectivity index (χ0v) is 18.2. The lowest BCUT2D eigenvalue weighted by atomic mass is 9.72. The van der Waals surface area contributed by atoms with Crippen LogP contribution in [0.1, 0.15) is 25.1 Å². The minimum atomic E-state index is -0.606. The van der Waals surface area contributed by atoms with Gasteiger partial charge >= 0.3 is 0 Å². The van der Waals surface area contributed by atoms with Crippen LogP contribution in [0.5, 0.6) is 11.5 Å². The van der Waals surface area contributed by atoms with Gasteiger partial charge in [0, 0.05) is 32.3 Å². The van der Waals surface area contributed by atoms with Crippen LogP contribution in [0.2, 0.25) is 0 Å². The molecule has 2 aromatic carbocycles. The van der Waals surface area contributed by atoms with Gasteiger partial charge in [0.1, 0.15) is 34.3 Å². The Bertz CT molecular complexity index is 1150. The van der Waals surface area contributed by atoms with Gasteiger partial charge in [-0.15, -0.1) is 0 Å². The first kappa shape index (κ1) is 19.5. The van der Waals surface area contributed by atoms with Crippen LogP contribution < -0.4 is 14.4 Å². The van der Waals surface area contributed by atoms with Crippen molar-refractivity contribution in [2.75, 3.05) is 33.2 Å². The van der Waals surface area contributed by atoms with Crippen LogP contribution in [0.25, 0.3) is 16.6 Å². The maximum atomic E-state index is 13.9. The van der Waals surface area contributed by atoms with E-state index in [2.05, 4.69) is 9.88 Å². The van der Waals surface area contributed by atoms with E-state index in [4.69, 9.17) is 14.5 Å². The summed E-state index contributed by atoms with van der Waals surface area (Å²) in [6, 6.07) is 13.6. The molecule has 0 atom stereocenters. The number of Topliss-reactive ketones (excluding diaryl/α,β-unsaturated/α-hetero) is 1. The Labute approximate surface area is 181 Å². The number of methoxy groups -OCH3 is 2. The third-order valence-corrected chi connectivity index (χ3v) is 6.34. The molecule has 0 radical (unpaired) electrons. The number of ketones is 1. The average molecular weight is 418 g/mol. The van der Waals surface area contributed by atoms with Gasteiger partial charge in [0.2, 0.25) is 0 Å². The maximum absolute atomic E-state index is 13.9. The summed E-state index contributed by atoms with van der Waals surface area (Å²) >= 11 is 0. The van der Waals surface area contributed by atoms with Gasteiger partial charge in [-0.2, -0.15) is 0 Å². The second-order valence-electron chi connectivity index (χ2n) is 8.32. The Morgan fingerprint density at radius 3 is 2.29 bits per heavy atom. The minimum Gasteiger partial charge on any atom is -0.497 e. The first-order valence-corrected chi connectivity index (χ1v) is 10.4. The van der Waals surface area contributed by atoms with Gasteiger partial charge < -0.3 is 24.3 Å². The molecule has 5 rings (SSSR count). The van der Waals surface area contributed by atoms with Crippen molar-refractivity contribution in [1.82, 2.24) is 14.9 Å². The van der Waals surface area contributed by atoms with Gasteiger partial charge in [-0.25, -0.2) is 4.98 Å². The molecule has 7 nitrogen and oxygen atoms in total. The van der Waals surface area contributed by atoms with E-state index in [-0.39, 0.29) is 5.78 Å². The van der Waals surface area contributed by atoms with Crippen LogP contribution in [-0.2, 0) is 4.79 Å². The number of aromatic amines is 1. The molecule has 1 aliphatic carbocycles. The monoisotopic (exact) mass is 418 g/mol. The highest BCUT2D eigenvalue weighted by molar-refractivity contribution is 6.30. The number of aromatic nitrogens is 2. The number of benzene rings is 2. The van der Waals surface area contributed by atoms with Gasteiger partial charge in [-0.1, -0.05) is 12.1 Å². The third kappa shape index (κ3) is 2.80. The van der Waals surface area contributed by atoms with E-state index in [0.717, 1.165) is 41.8 Å². The van der Waals surface area contributed by atoms with Crippen molar-refractivity contribution in [3.63, 3.8) is 0 Å². The van der Waals surface area contributed by atoms with Crippen molar-refractivity contribution in [1.29, 1.82) is 0 Å². The number of anilines is 1. The standard InChI is InChI=1S/C24H26N4O3/c1-27(2)23-20(22-25-18-8-5-6-9-19(18)26-22)21(29)24(10-7-11-24)28(23)15-12-16(30-3)14-17(13-15)31-4/h5-6,8-9,12-14H,7,10-11H2,1-4H3,(H,25,26). The second kappa shape index (κ2) is 7.04. The molecule has 31 heavy (non-hydrogen) atoms. The molecule has 160 valence electrons. The Morgan fingerprint density at radius 2 is 1.74 bits per heavy atom. The fourth-order valence-corrected chi connectivity index (χ4v) is 4.71. The van der Waals surface area contributed by atoms with Crippen molar-refractivity contribution in [2.45, 2.75) is 24.8 Å². The lowest BCUT2D eigenvalue weighted by Crippen LogP contribution is -2.56. The van der Waals surface area contributed by atoms with E-state index in [0.29, 0.717) is 22.9 Å². The molecule has 0 bridgehead atoms. The van der Waals surface area contributed by atoms with Gasteiger partial charge in [0.25, 0.3) is 0 Å². The van der Waals surface area contributed by atoms with Crippen molar-refractivity contribution >= 4 is 28.1 Å². The highest BCUT2D eigenvalue weighted by Gasteiger charge is 2.58. The van der Waals surface area contributed by atoms with E-state index < -0.39 is 5.54 Å². The van der Waals surface area contributed by atoms with E-state index in [1.807, 2.05) is 61.5 Å².